The number of nitrogens with one attached hydrogen (secondary N) is 1. The van der Waals surface area contributed by atoms with Crippen molar-refractivity contribution in [1.29, 1.82) is 0 Å². The molecule has 0 aromatic carbocycles. The molecule has 0 aliphatic heterocycles. The van der Waals surface area contributed by atoms with Crippen molar-refractivity contribution >= 4 is 0 Å². The standard InChI is InChI=1S/C11H18N2O/c1-4-14-8-11(12-3)10-7-5-6-9(2)13-10/h5-7,11-12H,4,8H2,1-3H3. The SMILES string of the molecule is CCOCC(NC)c1cccc(C)n1. The molecule has 0 amide bonds. The summed E-state index contributed by atoms with van der Waals surface area (Å²) in [5, 5.41) is 3.19. The van der Waals surface area contributed by atoms with E-state index in [9.17, 15) is 0 Å². The van der Waals surface area contributed by atoms with E-state index in [1.165, 1.54) is 0 Å². The Morgan fingerprint density at radius 3 is 2.86 bits per heavy atom. The van der Waals surface area contributed by atoms with Crippen LogP contribution in [0.3, 0.4) is 0 Å². The lowest BCUT2D eigenvalue weighted by Gasteiger charge is -2.15. The van der Waals surface area contributed by atoms with Crippen LogP contribution in [0.25, 0.3) is 0 Å². The smallest absolute Gasteiger partial charge is 0.0730 e. The molecule has 3 nitrogen and oxygen atoms in total. The molecule has 1 N–H and O–H groups in total. The van der Waals surface area contributed by atoms with Gasteiger partial charge in [-0.3, -0.25) is 4.98 Å². The van der Waals surface area contributed by atoms with E-state index in [2.05, 4.69) is 10.3 Å². The van der Waals surface area contributed by atoms with Gasteiger partial charge in [-0.2, -0.15) is 0 Å². The number of ether oxygens (including phenoxy) is 1. The first-order valence-electron chi connectivity index (χ1n) is 4.96. The predicted molar refractivity (Wildman–Crippen MR) is 57.3 cm³/mol. The zero-order valence-corrected chi connectivity index (χ0v) is 9.08. The minimum Gasteiger partial charge on any atom is -0.380 e. The van der Waals surface area contributed by atoms with Crippen molar-refractivity contribution in [2.24, 2.45) is 0 Å². The highest BCUT2D eigenvalue weighted by Gasteiger charge is 2.09. The molecule has 1 atom stereocenters. The summed E-state index contributed by atoms with van der Waals surface area (Å²) in [4.78, 5) is 4.45. The molecular formula is C11H18N2O. The maximum Gasteiger partial charge on any atom is 0.0730 e. The number of rotatable bonds is 5. The summed E-state index contributed by atoms with van der Waals surface area (Å²) >= 11 is 0. The molecule has 0 saturated heterocycles. The molecule has 78 valence electrons. The summed E-state index contributed by atoms with van der Waals surface area (Å²) in [6.07, 6.45) is 0. The van der Waals surface area contributed by atoms with E-state index in [4.69, 9.17) is 4.74 Å². The van der Waals surface area contributed by atoms with Gasteiger partial charge in [-0.05, 0) is 33.0 Å². The summed E-state index contributed by atoms with van der Waals surface area (Å²) in [5.74, 6) is 0. The van der Waals surface area contributed by atoms with Crippen LogP contribution in [0.15, 0.2) is 18.2 Å². The van der Waals surface area contributed by atoms with Crippen LogP contribution in [-0.4, -0.2) is 25.2 Å². The molecule has 14 heavy (non-hydrogen) atoms. The lowest BCUT2D eigenvalue weighted by Crippen LogP contribution is -2.23. The molecule has 0 bridgehead atoms. The molecule has 0 fully saturated rings. The highest BCUT2D eigenvalue weighted by Crippen LogP contribution is 2.10. The Hall–Kier alpha value is -0.930. The van der Waals surface area contributed by atoms with Crippen molar-refractivity contribution in [3.05, 3.63) is 29.6 Å². The monoisotopic (exact) mass is 194 g/mol. The van der Waals surface area contributed by atoms with Crippen LogP contribution in [0.1, 0.15) is 24.4 Å². The molecule has 1 rings (SSSR count). The molecule has 1 aromatic rings. The molecule has 0 saturated carbocycles. The molecular weight excluding hydrogens is 176 g/mol. The molecule has 0 aliphatic carbocycles. The fourth-order valence-corrected chi connectivity index (χ4v) is 1.31. The Kier molecular flexibility index (Phi) is 4.56. The minimum atomic E-state index is 0.190. The highest BCUT2D eigenvalue weighted by molar-refractivity contribution is 5.13. The summed E-state index contributed by atoms with van der Waals surface area (Å²) in [5.41, 5.74) is 2.08. The minimum absolute atomic E-state index is 0.190. The summed E-state index contributed by atoms with van der Waals surface area (Å²) < 4.78 is 5.38. The highest BCUT2D eigenvalue weighted by atomic mass is 16.5. The molecule has 1 unspecified atom stereocenters. The first-order chi connectivity index (χ1) is 6.77. The van der Waals surface area contributed by atoms with Crippen LogP contribution in [0.4, 0.5) is 0 Å². The zero-order chi connectivity index (χ0) is 10.4. The van der Waals surface area contributed by atoms with Crippen molar-refractivity contribution < 1.29 is 4.74 Å². The van der Waals surface area contributed by atoms with Crippen molar-refractivity contribution in [2.45, 2.75) is 19.9 Å². The van der Waals surface area contributed by atoms with E-state index >= 15 is 0 Å². The maximum atomic E-state index is 5.38. The maximum absolute atomic E-state index is 5.38. The van der Waals surface area contributed by atoms with Crippen molar-refractivity contribution in [3.63, 3.8) is 0 Å². The van der Waals surface area contributed by atoms with Gasteiger partial charge in [-0.15, -0.1) is 0 Å². The summed E-state index contributed by atoms with van der Waals surface area (Å²) in [6.45, 7) is 5.40. The van der Waals surface area contributed by atoms with Gasteiger partial charge < -0.3 is 10.1 Å². The second-order valence-corrected chi connectivity index (χ2v) is 3.20. The van der Waals surface area contributed by atoms with Crippen LogP contribution in [-0.2, 0) is 4.74 Å². The fraction of sp³-hybridized carbons (Fsp3) is 0.545. The van der Waals surface area contributed by atoms with Crippen LogP contribution in [0.2, 0.25) is 0 Å². The number of nitrogens with zero attached hydrogens (tertiary/aromatic N) is 1. The van der Waals surface area contributed by atoms with Crippen LogP contribution >= 0.6 is 0 Å². The largest absolute Gasteiger partial charge is 0.380 e. The molecule has 0 radical (unpaired) electrons. The molecule has 0 spiro atoms. The van der Waals surface area contributed by atoms with E-state index in [0.29, 0.717) is 6.61 Å². The fourth-order valence-electron chi connectivity index (χ4n) is 1.31. The van der Waals surface area contributed by atoms with Crippen molar-refractivity contribution in [2.75, 3.05) is 20.3 Å². The van der Waals surface area contributed by atoms with E-state index < -0.39 is 0 Å². The van der Waals surface area contributed by atoms with Gasteiger partial charge in [-0.1, -0.05) is 6.07 Å². The number of pyridine rings is 1. The Balaban J connectivity index is 2.68. The van der Waals surface area contributed by atoms with Gasteiger partial charge in [0.2, 0.25) is 0 Å². The van der Waals surface area contributed by atoms with Gasteiger partial charge in [0.15, 0.2) is 0 Å². The third-order valence-electron chi connectivity index (χ3n) is 2.10. The first-order valence-corrected chi connectivity index (χ1v) is 4.96. The molecule has 1 heterocycles. The summed E-state index contributed by atoms with van der Waals surface area (Å²) in [7, 11) is 1.92. The lowest BCUT2D eigenvalue weighted by atomic mass is 10.2. The summed E-state index contributed by atoms with van der Waals surface area (Å²) in [6, 6.07) is 6.23. The third kappa shape index (κ3) is 3.09. The Morgan fingerprint density at radius 1 is 1.50 bits per heavy atom. The Bertz CT molecular complexity index is 276. The normalized spacial score (nSPS) is 12.8. The lowest BCUT2D eigenvalue weighted by molar-refractivity contribution is 0.124. The number of likely N-dealkylation sites (N-methyl/N-ethyl adjacent to an activating group) is 1. The Labute approximate surface area is 85.5 Å². The Morgan fingerprint density at radius 2 is 2.29 bits per heavy atom. The van der Waals surface area contributed by atoms with Gasteiger partial charge >= 0.3 is 0 Å². The van der Waals surface area contributed by atoms with E-state index in [1.54, 1.807) is 0 Å². The van der Waals surface area contributed by atoms with Gasteiger partial charge in [0.05, 0.1) is 18.3 Å². The number of hydrogen-bond acceptors (Lipinski definition) is 3. The number of aromatic nitrogens is 1. The van der Waals surface area contributed by atoms with E-state index in [0.717, 1.165) is 18.0 Å². The number of aryl methyl sites for hydroxylation is 1. The first kappa shape index (κ1) is 11.1. The molecule has 3 heteroatoms. The molecule has 1 aromatic heterocycles. The van der Waals surface area contributed by atoms with E-state index in [1.807, 2.05) is 39.1 Å². The quantitative estimate of drug-likeness (QED) is 0.774. The second-order valence-electron chi connectivity index (χ2n) is 3.20. The predicted octanol–water partition coefficient (Wildman–Crippen LogP) is 1.69. The van der Waals surface area contributed by atoms with Crippen molar-refractivity contribution in [1.82, 2.24) is 10.3 Å². The average Bonchev–Trinajstić information content (AvgIpc) is 2.19. The van der Waals surface area contributed by atoms with Crippen LogP contribution in [0.5, 0.6) is 0 Å². The topological polar surface area (TPSA) is 34.1 Å². The second kappa shape index (κ2) is 5.73. The van der Waals surface area contributed by atoms with Gasteiger partial charge in [-0.25, -0.2) is 0 Å². The van der Waals surface area contributed by atoms with Gasteiger partial charge in [0.25, 0.3) is 0 Å². The number of hydrogen-bond donors (Lipinski definition) is 1. The third-order valence-corrected chi connectivity index (χ3v) is 2.10. The zero-order valence-electron chi connectivity index (χ0n) is 9.08. The average molecular weight is 194 g/mol. The van der Waals surface area contributed by atoms with Crippen LogP contribution in [0, 0.1) is 6.92 Å². The van der Waals surface area contributed by atoms with Gasteiger partial charge in [0, 0.05) is 12.3 Å². The van der Waals surface area contributed by atoms with Crippen LogP contribution < -0.4 is 5.32 Å². The molecule has 0 aliphatic rings. The van der Waals surface area contributed by atoms with Gasteiger partial charge in [0.1, 0.15) is 0 Å². The van der Waals surface area contributed by atoms with Crippen molar-refractivity contribution in [3.8, 4) is 0 Å². The van der Waals surface area contributed by atoms with E-state index in [-0.39, 0.29) is 6.04 Å².